The van der Waals surface area contributed by atoms with Crippen LogP contribution in [0.4, 0.5) is 17.3 Å². The zero-order chi connectivity index (χ0) is 16.4. The molecule has 2 aliphatic heterocycles. The molecule has 0 aliphatic carbocycles. The molecule has 126 valence electrons. The predicted octanol–water partition coefficient (Wildman–Crippen LogP) is 1.40. The SMILES string of the molecule is CCC(C)C1Nc2ncnc(N3CCN(CC)CC3)c2NC1=O. The number of piperazine rings is 1. The number of carbonyl (C=O) groups excluding carboxylic acids is 1. The molecule has 2 aliphatic rings. The minimum atomic E-state index is -0.229. The van der Waals surface area contributed by atoms with Gasteiger partial charge in [0.1, 0.15) is 18.1 Å². The third-order valence-corrected chi connectivity index (χ3v) is 4.98. The average molecular weight is 318 g/mol. The lowest BCUT2D eigenvalue weighted by Gasteiger charge is -2.37. The summed E-state index contributed by atoms with van der Waals surface area (Å²) in [5.41, 5.74) is 0.724. The Hall–Kier alpha value is -1.89. The summed E-state index contributed by atoms with van der Waals surface area (Å²) in [5, 5.41) is 6.33. The molecule has 2 unspecified atom stereocenters. The van der Waals surface area contributed by atoms with Gasteiger partial charge in [-0.15, -0.1) is 0 Å². The number of anilines is 3. The first-order valence-electron chi connectivity index (χ1n) is 8.53. The van der Waals surface area contributed by atoms with E-state index in [4.69, 9.17) is 0 Å². The average Bonchev–Trinajstić information content (AvgIpc) is 2.60. The van der Waals surface area contributed by atoms with E-state index in [1.807, 2.05) is 0 Å². The molecule has 1 saturated heterocycles. The van der Waals surface area contributed by atoms with Crippen molar-refractivity contribution in [3.63, 3.8) is 0 Å². The molecular formula is C16H26N6O. The lowest BCUT2D eigenvalue weighted by Crippen LogP contribution is -2.48. The molecule has 1 aromatic rings. The van der Waals surface area contributed by atoms with E-state index in [-0.39, 0.29) is 17.9 Å². The van der Waals surface area contributed by atoms with Crippen LogP contribution in [-0.2, 0) is 4.79 Å². The largest absolute Gasteiger partial charge is 0.356 e. The zero-order valence-corrected chi connectivity index (χ0v) is 14.2. The molecule has 2 atom stereocenters. The van der Waals surface area contributed by atoms with Crippen molar-refractivity contribution >= 4 is 23.2 Å². The van der Waals surface area contributed by atoms with Crippen LogP contribution in [-0.4, -0.2) is 59.5 Å². The summed E-state index contributed by atoms with van der Waals surface area (Å²) in [4.78, 5) is 25.9. The third kappa shape index (κ3) is 3.10. The smallest absolute Gasteiger partial charge is 0.247 e. The van der Waals surface area contributed by atoms with E-state index in [0.717, 1.165) is 56.5 Å². The third-order valence-electron chi connectivity index (χ3n) is 4.98. The van der Waals surface area contributed by atoms with E-state index in [0.29, 0.717) is 0 Å². The highest BCUT2D eigenvalue weighted by Crippen LogP contribution is 2.34. The maximum atomic E-state index is 12.4. The van der Waals surface area contributed by atoms with Crippen LogP contribution < -0.4 is 15.5 Å². The van der Waals surface area contributed by atoms with Gasteiger partial charge in [0, 0.05) is 26.2 Å². The van der Waals surface area contributed by atoms with Gasteiger partial charge in [0.05, 0.1) is 0 Å². The predicted molar refractivity (Wildman–Crippen MR) is 91.9 cm³/mol. The first-order valence-corrected chi connectivity index (χ1v) is 8.53. The minimum absolute atomic E-state index is 0.00935. The van der Waals surface area contributed by atoms with Crippen molar-refractivity contribution in [2.24, 2.45) is 5.92 Å². The van der Waals surface area contributed by atoms with Gasteiger partial charge in [-0.25, -0.2) is 9.97 Å². The first kappa shape index (κ1) is 16.0. The van der Waals surface area contributed by atoms with Crippen LogP contribution in [0.2, 0.25) is 0 Å². The molecule has 0 aromatic carbocycles. The Morgan fingerprint density at radius 2 is 2.00 bits per heavy atom. The fraction of sp³-hybridized carbons (Fsp3) is 0.688. The monoisotopic (exact) mass is 318 g/mol. The molecular weight excluding hydrogens is 292 g/mol. The van der Waals surface area contributed by atoms with Crippen LogP contribution in [0.15, 0.2) is 6.33 Å². The van der Waals surface area contributed by atoms with Crippen molar-refractivity contribution in [3.05, 3.63) is 6.33 Å². The Labute approximate surface area is 137 Å². The molecule has 1 aromatic heterocycles. The van der Waals surface area contributed by atoms with E-state index >= 15 is 0 Å². The van der Waals surface area contributed by atoms with Crippen LogP contribution in [0, 0.1) is 5.92 Å². The molecule has 0 spiro atoms. The number of likely N-dealkylation sites (N-methyl/N-ethyl adjacent to an activating group) is 1. The highest BCUT2D eigenvalue weighted by Gasteiger charge is 2.33. The quantitative estimate of drug-likeness (QED) is 0.874. The van der Waals surface area contributed by atoms with Gasteiger partial charge in [0.25, 0.3) is 0 Å². The number of fused-ring (bicyclic) bond motifs is 1. The Kier molecular flexibility index (Phi) is 4.66. The molecule has 0 radical (unpaired) electrons. The zero-order valence-electron chi connectivity index (χ0n) is 14.2. The maximum absolute atomic E-state index is 12.4. The Morgan fingerprint density at radius 1 is 1.26 bits per heavy atom. The van der Waals surface area contributed by atoms with Crippen molar-refractivity contribution in [2.75, 3.05) is 48.3 Å². The lowest BCUT2D eigenvalue weighted by molar-refractivity contribution is -0.118. The van der Waals surface area contributed by atoms with E-state index in [9.17, 15) is 4.79 Å². The van der Waals surface area contributed by atoms with Crippen molar-refractivity contribution in [3.8, 4) is 0 Å². The summed E-state index contributed by atoms with van der Waals surface area (Å²) in [6.45, 7) is 11.3. The number of nitrogens with zero attached hydrogens (tertiary/aromatic N) is 4. The van der Waals surface area contributed by atoms with E-state index < -0.39 is 0 Å². The van der Waals surface area contributed by atoms with Crippen LogP contribution >= 0.6 is 0 Å². The van der Waals surface area contributed by atoms with Gasteiger partial charge in [0.15, 0.2) is 11.6 Å². The van der Waals surface area contributed by atoms with Gasteiger partial charge in [-0.05, 0) is 12.5 Å². The molecule has 7 heteroatoms. The van der Waals surface area contributed by atoms with Gasteiger partial charge >= 0.3 is 0 Å². The number of aromatic nitrogens is 2. The maximum Gasteiger partial charge on any atom is 0.247 e. The Morgan fingerprint density at radius 3 is 2.65 bits per heavy atom. The summed E-state index contributed by atoms with van der Waals surface area (Å²) in [6, 6.07) is -0.229. The number of rotatable bonds is 4. The Bertz CT molecular complexity index is 570. The minimum Gasteiger partial charge on any atom is -0.356 e. The molecule has 0 bridgehead atoms. The number of amides is 1. The van der Waals surface area contributed by atoms with E-state index in [1.165, 1.54) is 0 Å². The van der Waals surface area contributed by atoms with E-state index in [1.54, 1.807) is 6.33 Å². The normalized spacial score (nSPS) is 23.0. The van der Waals surface area contributed by atoms with Crippen LogP contribution in [0.5, 0.6) is 0 Å². The van der Waals surface area contributed by atoms with Crippen LogP contribution in [0.1, 0.15) is 27.2 Å². The fourth-order valence-corrected chi connectivity index (χ4v) is 3.17. The molecule has 3 rings (SSSR count). The molecule has 0 saturated carbocycles. The number of hydrogen-bond acceptors (Lipinski definition) is 6. The van der Waals surface area contributed by atoms with Crippen molar-refractivity contribution < 1.29 is 4.79 Å². The second-order valence-corrected chi connectivity index (χ2v) is 6.34. The first-order chi connectivity index (χ1) is 11.1. The second kappa shape index (κ2) is 6.70. The molecule has 23 heavy (non-hydrogen) atoms. The summed E-state index contributed by atoms with van der Waals surface area (Å²) in [5.74, 6) is 1.83. The molecule has 2 N–H and O–H groups in total. The second-order valence-electron chi connectivity index (χ2n) is 6.34. The molecule has 7 nitrogen and oxygen atoms in total. The van der Waals surface area contributed by atoms with Gasteiger partial charge in [-0.2, -0.15) is 0 Å². The number of nitrogens with one attached hydrogen (secondary N) is 2. The Balaban J connectivity index is 1.82. The van der Waals surface area contributed by atoms with E-state index in [2.05, 4.69) is 51.2 Å². The van der Waals surface area contributed by atoms with Crippen LogP contribution in [0.25, 0.3) is 0 Å². The van der Waals surface area contributed by atoms with Gasteiger partial charge in [-0.1, -0.05) is 27.2 Å². The lowest BCUT2D eigenvalue weighted by atomic mass is 9.97. The standard InChI is InChI=1S/C16H26N6O/c1-4-11(3)12-16(23)20-13-14(19-12)17-10-18-15(13)22-8-6-21(5-2)7-9-22/h10-12H,4-9H2,1-3H3,(H,20,23)(H,17,18,19). The van der Waals surface area contributed by atoms with Gasteiger partial charge < -0.3 is 20.4 Å². The number of carbonyl (C=O) groups is 1. The van der Waals surface area contributed by atoms with Gasteiger partial charge in [-0.3, -0.25) is 4.79 Å². The molecule has 3 heterocycles. The van der Waals surface area contributed by atoms with Crippen molar-refractivity contribution in [2.45, 2.75) is 33.2 Å². The topological polar surface area (TPSA) is 73.4 Å². The van der Waals surface area contributed by atoms with Crippen molar-refractivity contribution in [1.29, 1.82) is 0 Å². The van der Waals surface area contributed by atoms with Crippen molar-refractivity contribution in [1.82, 2.24) is 14.9 Å². The highest BCUT2D eigenvalue weighted by atomic mass is 16.2. The number of hydrogen-bond donors (Lipinski definition) is 2. The van der Waals surface area contributed by atoms with Crippen LogP contribution in [0.3, 0.4) is 0 Å². The summed E-state index contributed by atoms with van der Waals surface area (Å²) < 4.78 is 0. The van der Waals surface area contributed by atoms with Gasteiger partial charge in [0.2, 0.25) is 5.91 Å². The molecule has 1 amide bonds. The fourth-order valence-electron chi connectivity index (χ4n) is 3.17. The summed E-state index contributed by atoms with van der Waals surface area (Å²) in [6.07, 6.45) is 2.52. The summed E-state index contributed by atoms with van der Waals surface area (Å²) in [7, 11) is 0. The summed E-state index contributed by atoms with van der Waals surface area (Å²) >= 11 is 0. The molecule has 1 fully saturated rings. The highest BCUT2D eigenvalue weighted by molar-refractivity contribution is 6.05.